The van der Waals surface area contributed by atoms with E-state index in [1.165, 1.54) is 44.1 Å². The van der Waals surface area contributed by atoms with Crippen LogP contribution >= 0.6 is 0 Å². The summed E-state index contributed by atoms with van der Waals surface area (Å²) in [6, 6.07) is 6.15. The molecule has 0 saturated heterocycles. The third-order valence-electron chi connectivity index (χ3n) is 6.10. The fourth-order valence-corrected chi connectivity index (χ4v) is 4.20. The van der Waals surface area contributed by atoms with E-state index in [1.807, 2.05) is 40.1 Å². The summed E-state index contributed by atoms with van der Waals surface area (Å²) in [4.78, 5) is 16.7. The van der Waals surface area contributed by atoms with Crippen molar-refractivity contribution in [1.82, 2.24) is 19.3 Å². The molecule has 2 aliphatic carbocycles. The summed E-state index contributed by atoms with van der Waals surface area (Å²) in [5.74, 6) is 1.61. The van der Waals surface area contributed by atoms with Crippen molar-refractivity contribution in [2.45, 2.75) is 58.0 Å². The predicted octanol–water partition coefficient (Wildman–Crippen LogP) is 4.17. The molecule has 2 fully saturated rings. The molecular formula is C23H27N5O. The van der Waals surface area contributed by atoms with Crippen molar-refractivity contribution in [1.29, 1.82) is 0 Å². The van der Waals surface area contributed by atoms with Crippen LogP contribution in [-0.4, -0.2) is 25.4 Å². The number of rotatable bonds is 6. The Morgan fingerprint density at radius 1 is 1.10 bits per heavy atom. The summed E-state index contributed by atoms with van der Waals surface area (Å²) in [6.45, 7) is 2.92. The van der Waals surface area contributed by atoms with Gasteiger partial charge in [-0.25, -0.2) is 9.67 Å². The Bertz CT molecular complexity index is 1070. The molecule has 5 rings (SSSR count). The Balaban J connectivity index is 1.37. The summed E-state index contributed by atoms with van der Waals surface area (Å²) in [7, 11) is 0. The van der Waals surface area contributed by atoms with Gasteiger partial charge in [0.15, 0.2) is 0 Å². The number of hydrogen-bond acceptors (Lipinski definition) is 4. The lowest BCUT2D eigenvalue weighted by molar-refractivity contribution is 0.603. The Kier molecular flexibility index (Phi) is 4.70. The van der Waals surface area contributed by atoms with Crippen LogP contribution < -0.4 is 10.9 Å². The zero-order valence-electron chi connectivity index (χ0n) is 16.8. The van der Waals surface area contributed by atoms with E-state index in [0.717, 1.165) is 29.2 Å². The van der Waals surface area contributed by atoms with E-state index in [9.17, 15) is 4.79 Å². The van der Waals surface area contributed by atoms with Crippen molar-refractivity contribution in [2.24, 2.45) is 5.92 Å². The highest BCUT2D eigenvalue weighted by Gasteiger charge is 2.22. The lowest BCUT2D eigenvalue weighted by Crippen LogP contribution is -2.20. The van der Waals surface area contributed by atoms with Crippen molar-refractivity contribution < 1.29 is 0 Å². The molecule has 0 aromatic carbocycles. The quantitative estimate of drug-likeness (QED) is 0.687. The second-order valence-electron chi connectivity index (χ2n) is 8.51. The molecule has 3 heterocycles. The maximum absolute atomic E-state index is 12.1. The molecule has 2 saturated carbocycles. The molecule has 0 bridgehead atoms. The number of aromatic nitrogens is 4. The summed E-state index contributed by atoms with van der Waals surface area (Å²) in [6.07, 6.45) is 15.2. The lowest BCUT2D eigenvalue weighted by atomic mass is 10.1. The van der Waals surface area contributed by atoms with Gasteiger partial charge >= 0.3 is 0 Å². The van der Waals surface area contributed by atoms with Crippen molar-refractivity contribution >= 4 is 5.82 Å². The van der Waals surface area contributed by atoms with Crippen molar-refractivity contribution in [2.75, 3.05) is 5.32 Å². The van der Waals surface area contributed by atoms with Gasteiger partial charge in [-0.15, -0.1) is 0 Å². The minimum Gasteiger partial charge on any atom is -0.367 e. The normalized spacial score (nSPS) is 17.0. The molecule has 3 aromatic rings. The first-order valence-electron chi connectivity index (χ1n) is 10.6. The minimum atomic E-state index is 0.0541. The fourth-order valence-electron chi connectivity index (χ4n) is 4.20. The van der Waals surface area contributed by atoms with Gasteiger partial charge in [-0.2, -0.15) is 5.10 Å². The van der Waals surface area contributed by atoms with Gasteiger partial charge in [0.05, 0.1) is 11.9 Å². The molecule has 0 spiro atoms. The number of hydrogen-bond donors (Lipinski definition) is 1. The first-order chi connectivity index (χ1) is 14.2. The number of anilines is 1. The third-order valence-corrected chi connectivity index (χ3v) is 6.10. The van der Waals surface area contributed by atoms with E-state index in [1.54, 1.807) is 6.07 Å². The van der Waals surface area contributed by atoms with E-state index in [-0.39, 0.29) is 5.56 Å². The van der Waals surface area contributed by atoms with Crippen molar-refractivity contribution in [3.63, 3.8) is 0 Å². The Hall–Kier alpha value is -2.89. The van der Waals surface area contributed by atoms with Gasteiger partial charge in [0.25, 0.3) is 5.56 Å². The van der Waals surface area contributed by atoms with Gasteiger partial charge in [0.2, 0.25) is 0 Å². The van der Waals surface area contributed by atoms with Crippen LogP contribution in [0.2, 0.25) is 0 Å². The van der Waals surface area contributed by atoms with Gasteiger partial charge in [-0.3, -0.25) is 4.79 Å². The molecule has 1 N–H and O–H groups in total. The highest BCUT2D eigenvalue weighted by atomic mass is 16.1. The van der Waals surface area contributed by atoms with Crippen molar-refractivity contribution in [3.8, 4) is 16.8 Å². The summed E-state index contributed by atoms with van der Waals surface area (Å²) in [5, 5.41) is 8.09. The second-order valence-corrected chi connectivity index (χ2v) is 8.51. The van der Waals surface area contributed by atoms with E-state index in [4.69, 9.17) is 0 Å². The van der Waals surface area contributed by atoms with Crippen LogP contribution in [0.5, 0.6) is 0 Å². The van der Waals surface area contributed by atoms with Crippen LogP contribution in [0.1, 0.15) is 44.1 Å². The van der Waals surface area contributed by atoms with E-state index < -0.39 is 0 Å². The van der Waals surface area contributed by atoms with Crippen LogP contribution in [0.4, 0.5) is 5.82 Å². The highest BCUT2D eigenvalue weighted by molar-refractivity contribution is 5.67. The highest BCUT2D eigenvalue weighted by Crippen LogP contribution is 2.30. The Labute approximate surface area is 170 Å². The number of nitrogens with zero attached hydrogens (tertiary/aromatic N) is 4. The third kappa shape index (κ3) is 3.97. The summed E-state index contributed by atoms with van der Waals surface area (Å²) >= 11 is 0. The van der Waals surface area contributed by atoms with E-state index >= 15 is 0 Å². The first-order valence-corrected chi connectivity index (χ1v) is 10.6. The van der Waals surface area contributed by atoms with Gasteiger partial charge < -0.3 is 9.88 Å². The largest absolute Gasteiger partial charge is 0.367 e. The van der Waals surface area contributed by atoms with Crippen molar-refractivity contribution in [3.05, 3.63) is 58.9 Å². The van der Waals surface area contributed by atoms with Crippen LogP contribution in [0.15, 0.2) is 47.8 Å². The van der Waals surface area contributed by atoms with Crippen LogP contribution in [0.3, 0.4) is 0 Å². The van der Waals surface area contributed by atoms with E-state index in [0.29, 0.717) is 12.0 Å². The first kappa shape index (κ1) is 18.2. The topological polar surface area (TPSA) is 64.7 Å². The Morgan fingerprint density at radius 3 is 2.69 bits per heavy atom. The average Bonchev–Trinajstić information content (AvgIpc) is 3.16. The Morgan fingerprint density at radius 2 is 1.93 bits per heavy atom. The monoisotopic (exact) mass is 389 g/mol. The summed E-state index contributed by atoms with van der Waals surface area (Å²) in [5.41, 5.74) is 4.25. The smallest absolute Gasteiger partial charge is 0.250 e. The van der Waals surface area contributed by atoms with Gasteiger partial charge in [0, 0.05) is 48.4 Å². The molecule has 0 amide bonds. The standard InChI is InChI=1S/C23H27N5O/c1-16-10-22(26-19-4-2-3-5-19)24-12-21(16)18-11-25-28(14-18)20-8-9-23(29)27(15-20)13-17-6-7-17/h8-12,14-15,17,19H,2-7,13H2,1H3,(H,24,26). The second kappa shape index (κ2) is 7.50. The summed E-state index contributed by atoms with van der Waals surface area (Å²) < 4.78 is 3.65. The molecule has 6 nitrogen and oxygen atoms in total. The molecule has 0 aliphatic heterocycles. The molecule has 2 aliphatic rings. The van der Waals surface area contributed by atoms with Gasteiger partial charge in [0.1, 0.15) is 5.82 Å². The molecule has 29 heavy (non-hydrogen) atoms. The molecule has 150 valence electrons. The molecular weight excluding hydrogens is 362 g/mol. The maximum Gasteiger partial charge on any atom is 0.250 e. The fraction of sp³-hybridized carbons (Fsp3) is 0.435. The van der Waals surface area contributed by atoms with Crippen LogP contribution in [0, 0.1) is 12.8 Å². The van der Waals surface area contributed by atoms with E-state index in [2.05, 4.69) is 28.4 Å². The predicted molar refractivity (Wildman–Crippen MR) is 114 cm³/mol. The zero-order valence-corrected chi connectivity index (χ0v) is 16.8. The lowest BCUT2D eigenvalue weighted by Gasteiger charge is -2.14. The average molecular weight is 390 g/mol. The number of nitrogens with one attached hydrogen (secondary N) is 1. The molecule has 0 atom stereocenters. The van der Waals surface area contributed by atoms with Gasteiger partial charge in [-0.05, 0) is 56.2 Å². The molecule has 0 radical (unpaired) electrons. The number of pyridine rings is 2. The molecule has 0 unspecified atom stereocenters. The SMILES string of the molecule is Cc1cc(NC2CCCC2)ncc1-c1cnn(-c2ccc(=O)n(CC3CC3)c2)c1. The molecule has 6 heteroatoms. The number of aryl methyl sites for hydroxylation is 1. The maximum atomic E-state index is 12.1. The molecule has 3 aromatic heterocycles. The minimum absolute atomic E-state index is 0.0541. The zero-order chi connectivity index (χ0) is 19.8. The van der Waals surface area contributed by atoms with Gasteiger partial charge in [-0.1, -0.05) is 12.8 Å². The van der Waals surface area contributed by atoms with Crippen LogP contribution in [0.25, 0.3) is 16.8 Å². The van der Waals surface area contributed by atoms with Crippen LogP contribution in [-0.2, 0) is 6.54 Å².